The first kappa shape index (κ1) is 13.9. The Bertz CT molecular complexity index is 177. The van der Waals surface area contributed by atoms with Crippen molar-refractivity contribution in [2.45, 2.75) is 52.2 Å². The summed E-state index contributed by atoms with van der Waals surface area (Å²) in [4.78, 5) is 2.52. The van der Waals surface area contributed by atoms with Crippen LogP contribution in [0.4, 0.5) is 0 Å². The Morgan fingerprint density at radius 3 is 2.38 bits per heavy atom. The highest BCUT2D eigenvalue weighted by Crippen LogP contribution is 2.15. The summed E-state index contributed by atoms with van der Waals surface area (Å²) in [7, 11) is 0. The van der Waals surface area contributed by atoms with E-state index in [4.69, 9.17) is 0 Å². The number of aliphatic hydroxyl groups excluding tert-OH is 1. The first-order valence-corrected chi connectivity index (χ1v) is 6.72. The zero-order valence-corrected chi connectivity index (χ0v) is 11.1. The molecule has 0 aliphatic carbocycles. The van der Waals surface area contributed by atoms with Crippen molar-refractivity contribution < 1.29 is 5.11 Å². The predicted octanol–water partition coefficient (Wildman–Crippen LogP) is 1.47. The van der Waals surface area contributed by atoms with Gasteiger partial charge in [0, 0.05) is 19.1 Å². The van der Waals surface area contributed by atoms with Crippen molar-refractivity contribution in [2.24, 2.45) is 5.92 Å². The fraction of sp³-hybridized carbons (Fsp3) is 1.00. The molecule has 0 spiro atoms. The van der Waals surface area contributed by atoms with Crippen molar-refractivity contribution in [3.63, 3.8) is 0 Å². The number of piperidine rings is 1. The second-order valence-corrected chi connectivity index (χ2v) is 5.42. The van der Waals surface area contributed by atoms with Gasteiger partial charge in [0.1, 0.15) is 0 Å². The van der Waals surface area contributed by atoms with Gasteiger partial charge in [0.2, 0.25) is 0 Å². The normalized spacial score (nSPS) is 20.6. The summed E-state index contributed by atoms with van der Waals surface area (Å²) < 4.78 is 0. The molecule has 16 heavy (non-hydrogen) atoms. The van der Waals surface area contributed by atoms with E-state index in [2.05, 4.69) is 24.1 Å². The Kier molecular flexibility index (Phi) is 6.32. The second kappa shape index (κ2) is 7.25. The molecule has 0 aromatic rings. The maximum atomic E-state index is 9.35. The molecule has 0 radical (unpaired) electrons. The lowest BCUT2D eigenvalue weighted by Gasteiger charge is -2.33. The van der Waals surface area contributed by atoms with Crippen LogP contribution in [0, 0.1) is 5.92 Å². The van der Waals surface area contributed by atoms with Gasteiger partial charge in [-0.3, -0.25) is 0 Å². The summed E-state index contributed by atoms with van der Waals surface area (Å²) in [6.07, 6.45) is 3.33. The molecule has 2 N–H and O–H groups in total. The number of hydrogen-bond acceptors (Lipinski definition) is 3. The lowest BCUT2D eigenvalue weighted by Crippen LogP contribution is -2.40. The lowest BCUT2D eigenvalue weighted by molar-refractivity contribution is 0.124. The third kappa shape index (κ3) is 5.28. The highest BCUT2D eigenvalue weighted by Gasteiger charge is 2.18. The summed E-state index contributed by atoms with van der Waals surface area (Å²) >= 11 is 0. The van der Waals surface area contributed by atoms with E-state index in [1.807, 2.05) is 6.92 Å². The van der Waals surface area contributed by atoms with E-state index in [0.717, 1.165) is 18.9 Å². The molecular weight excluding hydrogens is 200 g/mol. The van der Waals surface area contributed by atoms with E-state index >= 15 is 0 Å². The van der Waals surface area contributed by atoms with E-state index in [9.17, 15) is 5.11 Å². The molecule has 1 rings (SSSR count). The van der Waals surface area contributed by atoms with Crippen molar-refractivity contribution in [3.8, 4) is 0 Å². The third-order valence-electron chi connectivity index (χ3n) is 3.52. The quantitative estimate of drug-likeness (QED) is 0.722. The van der Waals surface area contributed by atoms with Crippen LogP contribution in [0.5, 0.6) is 0 Å². The van der Waals surface area contributed by atoms with Gasteiger partial charge in [-0.05, 0) is 59.0 Å². The zero-order chi connectivity index (χ0) is 12.0. The number of aliphatic hydroxyl groups is 1. The highest BCUT2D eigenvalue weighted by molar-refractivity contribution is 4.74. The SMILES string of the molecule is CC(O)CCN(CC1CCNCC1)C(C)C. The number of rotatable bonds is 6. The molecule has 3 nitrogen and oxygen atoms in total. The minimum absolute atomic E-state index is 0.172. The molecular formula is C13H28N2O. The van der Waals surface area contributed by atoms with Gasteiger partial charge in [0.25, 0.3) is 0 Å². The van der Waals surface area contributed by atoms with Gasteiger partial charge in [0.15, 0.2) is 0 Å². The molecule has 1 saturated heterocycles. The molecule has 1 unspecified atom stereocenters. The van der Waals surface area contributed by atoms with E-state index in [-0.39, 0.29) is 6.10 Å². The van der Waals surface area contributed by atoms with Crippen LogP contribution in [0.25, 0.3) is 0 Å². The second-order valence-electron chi connectivity index (χ2n) is 5.42. The number of nitrogens with one attached hydrogen (secondary N) is 1. The maximum Gasteiger partial charge on any atom is 0.0524 e. The Morgan fingerprint density at radius 2 is 1.88 bits per heavy atom. The molecule has 0 aromatic heterocycles. The minimum Gasteiger partial charge on any atom is -0.393 e. The van der Waals surface area contributed by atoms with Crippen molar-refractivity contribution in [1.29, 1.82) is 0 Å². The molecule has 0 bridgehead atoms. The van der Waals surface area contributed by atoms with E-state index < -0.39 is 0 Å². The average Bonchev–Trinajstić information content (AvgIpc) is 2.25. The van der Waals surface area contributed by atoms with Crippen LogP contribution in [0.1, 0.15) is 40.0 Å². The van der Waals surface area contributed by atoms with Crippen molar-refractivity contribution in [2.75, 3.05) is 26.2 Å². The van der Waals surface area contributed by atoms with Gasteiger partial charge in [0.05, 0.1) is 6.10 Å². The Labute approximate surface area is 100 Å². The lowest BCUT2D eigenvalue weighted by atomic mass is 9.97. The van der Waals surface area contributed by atoms with Crippen LogP contribution < -0.4 is 5.32 Å². The molecule has 1 fully saturated rings. The highest BCUT2D eigenvalue weighted by atomic mass is 16.3. The van der Waals surface area contributed by atoms with Crippen LogP contribution in [0.3, 0.4) is 0 Å². The number of nitrogens with zero attached hydrogens (tertiary/aromatic N) is 1. The van der Waals surface area contributed by atoms with Crippen LogP contribution in [-0.4, -0.2) is 48.3 Å². The van der Waals surface area contributed by atoms with Crippen LogP contribution in [-0.2, 0) is 0 Å². The fourth-order valence-corrected chi connectivity index (χ4v) is 2.31. The summed E-state index contributed by atoms with van der Waals surface area (Å²) in [6, 6.07) is 0.591. The Morgan fingerprint density at radius 1 is 1.25 bits per heavy atom. The van der Waals surface area contributed by atoms with E-state index in [0.29, 0.717) is 6.04 Å². The Hall–Kier alpha value is -0.120. The Balaban J connectivity index is 2.31. The fourth-order valence-electron chi connectivity index (χ4n) is 2.31. The van der Waals surface area contributed by atoms with Crippen LogP contribution in [0.2, 0.25) is 0 Å². The molecule has 0 amide bonds. The molecule has 1 atom stereocenters. The first-order valence-electron chi connectivity index (χ1n) is 6.72. The van der Waals surface area contributed by atoms with Gasteiger partial charge in [-0.2, -0.15) is 0 Å². The van der Waals surface area contributed by atoms with Gasteiger partial charge in [-0.25, -0.2) is 0 Å². The van der Waals surface area contributed by atoms with Crippen molar-refractivity contribution in [3.05, 3.63) is 0 Å². The summed E-state index contributed by atoms with van der Waals surface area (Å²) in [5.74, 6) is 0.845. The molecule has 3 heteroatoms. The standard InChI is InChI=1S/C13H28N2O/c1-11(2)15(9-6-12(3)16)10-13-4-7-14-8-5-13/h11-14,16H,4-10H2,1-3H3. The molecule has 96 valence electrons. The largest absolute Gasteiger partial charge is 0.393 e. The van der Waals surface area contributed by atoms with E-state index in [1.165, 1.54) is 32.5 Å². The summed E-state index contributed by atoms with van der Waals surface area (Å²) in [5.41, 5.74) is 0. The summed E-state index contributed by atoms with van der Waals surface area (Å²) in [6.45, 7) is 11.0. The monoisotopic (exact) mass is 228 g/mol. The molecule has 0 saturated carbocycles. The summed E-state index contributed by atoms with van der Waals surface area (Å²) in [5, 5.41) is 12.8. The molecule has 1 aliphatic rings. The van der Waals surface area contributed by atoms with Gasteiger partial charge >= 0.3 is 0 Å². The molecule has 1 aliphatic heterocycles. The topological polar surface area (TPSA) is 35.5 Å². The van der Waals surface area contributed by atoms with Gasteiger partial charge < -0.3 is 15.3 Å². The number of hydrogen-bond donors (Lipinski definition) is 2. The van der Waals surface area contributed by atoms with Crippen LogP contribution >= 0.6 is 0 Å². The first-order chi connectivity index (χ1) is 7.59. The molecule has 0 aromatic carbocycles. The predicted molar refractivity (Wildman–Crippen MR) is 68.6 cm³/mol. The smallest absolute Gasteiger partial charge is 0.0524 e. The third-order valence-corrected chi connectivity index (χ3v) is 3.52. The van der Waals surface area contributed by atoms with Crippen molar-refractivity contribution in [1.82, 2.24) is 10.2 Å². The van der Waals surface area contributed by atoms with E-state index in [1.54, 1.807) is 0 Å². The average molecular weight is 228 g/mol. The molecule has 1 heterocycles. The van der Waals surface area contributed by atoms with Gasteiger partial charge in [-0.1, -0.05) is 0 Å². The van der Waals surface area contributed by atoms with Crippen LogP contribution in [0.15, 0.2) is 0 Å². The van der Waals surface area contributed by atoms with Crippen molar-refractivity contribution >= 4 is 0 Å². The maximum absolute atomic E-state index is 9.35. The minimum atomic E-state index is -0.172. The van der Waals surface area contributed by atoms with Gasteiger partial charge in [-0.15, -0.1) is 0 Å². The zero-order valence-electron chi connectivity index (χ0n) is 11.1.